The lowest BCUT2D eigenvalue weighted by Gasteiger charge is -2.47. The SMILES string of the molecule is Cc1cc2c3c(c1)N(c1ccc(C(C)(C)C)c(C(C)(C)C)c1)c1c(sc4ccc(C(C)(C)C)cc14)B3c1cc3c(cc1N2c1ccc(C(C)(C)C)cc1-c1ccc(C(C)(C)C)cc1)C(C)(C)CCC3(C)C. The maximum absolute atomic E-state index is 2.71. The summed E-state index contributed by atoms with van der Waals surface area (Å²) in [5.74, 6) is 0. The Hall–Kier alpha value is -5.06. The molecular formula is C67H81BN2S. The summed E-state index contributed by atoms with van der Waals surface area (Å²) in [4.78, 5) is 5.42. The Kier molecular flexibility index (Phi) is 11.1. The summed E-state index contributed by atoms with van der Waals surface area (Å²) >= 11 is 2.02. The van der Waals surface area contributed by atoms with Gasteiger partial charge >= 0.3 is 0 Å². The van der Waals surface area contributed by atoms with E-state index in [-0.39, 0.29) is 44.6 Å². The number of nitrogens with zero attached hydrogens (tertiary/aromatic N) is 2. The predicted octanol–water partition coefficient (Wildman–Crippen LogP) is 17.8. The number of rotatable bonds is 3. The van der Waals surface area contributed by atoms with E-state index in [1.54, 1.807) is 0 Å². The maximum atomic E-state index is 2.71. The highest BCUT2D eigenvalue weighted by Gasteiger charge is 2.48. The molecule has 71 heavy (non-hydrogen) atoms. The fourth-order valence-corrected chi connectivity index (χ4v) is 13.5. The second kappa shape index (κ2) is 16.0. The summed E-state index contributed by atoms with van der Waals surface area (Å²) in [6.07, 6.45) is 2.33. The van der Waals surface area contributed by atoms with Crippen LogP contribution >= 0.6 is 11.3 Å². The van der Waals surface area contributed by atoms with E-state index in [9.17, 15) is 0 Å². The van der Waals surface area contributed by atoms with Crippen molar-refractivity contribution in [3.63, 3.8) is 0 Å². The zero-order valence-electron chi connectivity index (χ0n) is 47.1. The lowest BCUT2D eigenvalue weighted by Crippen LogP contribution is -2.61. The van der Waals surface area contributed by atoms with Crippen LogP contribution in [0, 0.1) is 6.92 Å². The average molecular weight is 957 g/mol. The first kappa shape index (κ1) is 49.5. The normalized spacial score (nSPS) is 16.5. The predicted molar refractivity (Wildman–Crippen MR) is 315 cm³/mol. The molecule has 0 N–H and O–H groups in total. The minimum Gasteiger partial charge on any atom is -0.311 e. The smallest absolute Gasteiger partial charge is 0.264 e. The number of thiophene rings is 1. The van der Waals surface area contributed by atoms with E-state index in [0.717, 1.165) is 6.42 Å². The molecule has 0 amide bonds. The van der Waals surface area contributed by atoms with Crippen LogP contribution in [0.5, 0.6) is 0 Å². The van der Waals surface area contributed by atoms with Crippen LogP contribution in [-0.4, -0.2) is 6.71 Å². The molecule has 0 spiro atoms. The largest absolute Gasteiger partial charge is 0.311 e. The van der Waals surface area contributed by atoms with Gasteiger partial charge in [0.2, 0.25) is 0 Å². The molecule has 10 rings (SSSR count). The highest BCUT2D eigenvalue weighted by molar-refractivity contribution is 7.33. The quantitative estimate of drug-likeness (QED) is 0.163. The Balaban J connectivity index is 1.36. The van der Waals surface area contributed by atoms with Crippen LogP contribution < -0.4 is 25.5 Å². The highest BCUT2D eigenvalue weighted by Crippen LogP contribution is 2.54. The molecule has 1 aliphatic carbocycles. The van der Waals surface area contributed by atoms with Crippen molar-refractivity contribution in [2.24, 2.45) is 0 Å². The van der Waals surface area contributed by atoms with E-state index in [0.29, 0.717) is 0 Å². The lowest BCUT2D eigenvalue weighted by atomic mass is 9.35. The van der Waals surface area contributed by atoms with Gasteiger partial charge in [-0.2, -0.15) is 0 Å². The summed E-state index contributed by atoms with van der Waals surface area (Å²) in [7, 11) is 0. The highest BCUT2D eigenvalue weighted by atomic mass is 32.1. The molecule has 1 aromatic heterocycles. The van der Waals surface area contributed by atoms with Gasteiger partial charge in [0, 0.05) is 43.2 Å². The van der Waals surface area contributed by atoms with Crippen LogP contribution in [0.25, 0.3) is 21.2 Å². The number of hydrogen-bond donors (Lipinski definition) is 0. The molecule has 6 aromatic carbocycles. The van der Waals surface area contributed by atoms with E-state index < -0.39 is 0 Å². The molecular weight excluding hydrogens is 876 g/mol. The van der Waals surface area contributed by atoms with Crippen LogP contribution in [0.1, 0.15) is 189 Å². The lowest BCUT2D eigenvalue weighted by molar-refractivity contribution is 0.332. The molecule has 3 heterocycles. The van der Waals surface area contributed by atoms with Crippen molar-refractivity contribution in [3.05, 3.63) is 148 Å². The molecule has 7 aromatic rings. The Bertz CT molecular complexity index is 3290. The molecule has 0 fully saturated rings. The van der Waals surface area contributed by atoms with Crippen LogP contribution in [0.4, 0.5) is 34.1 Å². The Morgan fingerprint density at radius 3 is 1.59 bits per heavy atom. The zero-order valence-corrected chi connectivity index (χ0v) is 47.9. The molecule has 0 saturated heterocycles. The average Bonchev–Trinajstić information content (AvgIpc) is 3.64. The number of aryl methyl sites for hydroxylation is 1. The van der Waals surface area contributed by atoms with Crippen LogP contribution in [0.2, 0.25) is 0 Å². The van der Waals surface area contributed by atoms with Gasteiger partial charge in [0.25, 0.3) is 6.71 Å². The van der Waals surface area contributed by atoms with Gasteiger partial charge < -0.3 is 9.80 Å². The summed E-state index contributed by atoms with van der Waals surface area (Å²) < 4.78 is 2.79. The first-order valence-electron chi connectivity index (χ1n) is 26.7. The molecule has 0 radical (unpaired) electrons. The van der Waals surface area contributed by atoms with Gasteiger partial charge in [0.15, 0.2) is 0 Å². The molecule has 0 unspecified atom stereocenters. The molecule has 0 atom stereocenters. The summed E-state index contributed by atoms with van der Waals surface area (Å²) in [6, 6.07) is 42.1. The summed E-state index contributed by atoms with van der Waals surface area (Å²) in [5, 5.41) is 1.35. The second-order valence-electron chi connectivity index (χ2n) is 28.4. The number of anilines is 6. The molecule has 0 bridgehead atoms. The standard InChI is InChI=1S/C67H81BN2S/c1-40-33-55-58-56(34-40)70(53-29-25-43(62(5,6)7)35-46(53)41-21-23-42(24-22-41)61(2,3)4)54-39-51-50(66(17,18)31-32-67(51,19)20)38-52(54)68(58)60-59(47-36-44(63(8,9)10)26-30-57(47)71-60)69(55)45-27-28-48(64(11,12)13)49(37-45)65(14,15)16/h21-30,33-39H,31-32H2,1-20H3. The number of fused-ring (bicyclic) bond motifs is 7. The second-order valence-corrected chi connectivity index (χ2v) is 29.4. The van der Waals surface area contributed by atoms with Crippen molar-refractivity contribution in [2.75, 3.05) is 9.80 Å². The van der Waals surface area contributed by atoms with Gasteiger partial charge in [-0.05, 0) is 173 Å². The van der Waals surface area contributed by atoms with Gasteiger partial charge in [-0.3, -0.25) is 0 Å². The van der Waals surface area contributed by atoms with E-state index >= 15 is 0 Å². The molecule has 368 valence electrons. The van der Waals surface area contributed by atoms with Gasteiger partial charge in [-0.25, -0.2) is 0 Å². The monoisotopic (exact) mass is 957 g/mol. The molecule has 0 saturated carbocycles. The molecule has 3 aliphatic rings. The van der Waals surface area contributed by atoms with Crippen molar-refractivity contribution < 1.29 is 0 Å². The number of benzene rings is 6. The first-order valence-corrected chi connectivity index (χ1v) is 27.5. The van der Waals surface area contributed by atoms with Gasteiger partial charge in [-0.15, -0.1) is 11.3 Å². The van der Waals surface area contributed by atoms with E-state index in [1.807, 2.05) is 11.3 Å². The van der Waals surface area contributed by atoms with Crippen molar-refractivity contribution in [1.29, 1.82) is 0 Å². The minimum absolute atomic E-state index is 0.000628. The van der Waals surface area contributed by atoms with Gasteiger partial charge in [0.05, 0.1) is 11.4 Å². The van der Waals surface area contributed by atoms with Crippen molar-refractivity contribution in [2.45, 2.75) is 189 Å². The molecule has 2 nitrogen and oxygen atoms in total. The molecule has 4 heteroatoms. The summed E-state index contributed by atoms with van der Waals surface area (Å²) in [5.41, 5.74) is 24.2. The third-order valence-corrected chi connectivity index (χ3v) is 17.9. The molecule has 2 aliphatic heterocycles. The van der Waals surface area contributed by atoms with Crippen molar-refractivity contribution in [3.8, 4) is 11.1 Å². The fourth-order valence-electron chi connectivity index (χ4n) is 12.2. The van der Waals surface area contributed by atoms with E-state index in [4.69, 9.17) is 0 Å². The van der Waals surface area contributed by atoms with Gasteiger partial charge in [-0.1, -0.05) is 180 Å². The van der Waals surface area contributed by atoms with Gasteiger partial charge in [0.1, 0.15) is 0 Å². The zero-order chi connectivity index (χ0) is 51.5. The Labute approximate surface area is 433 Å². The van der Waals surface area contributed by atoms with Crippen molar-refractivity contribution in [1.82, 2.24) is 0 Å². The third kappa shape index (κ3) is 8.22. The maximum Gasteiger partial charge on any atom is 0.264 e. The summed E-state index contributed by atoms with van der Waals surface area (Å²) in [6.45, 7) is 47.7. The fraction of sp³-hybridized carbons (Fsp3) is 0.433. The van der Waals surface area contributed by atoms with E-state index in [1.165, 1.54) is 122 Å². The Morgan fingerprint density at radius 1 is 0.479 bits per heavy atom. The van der Waals surface area contributed by atoms with Crippen LogP contribution in [-0.2, 0) is 37.9 Å². The first-order chi connectivity index (χ1) is 32.8. The minimum atomic E-state index is -0.0575. The Morgan fingerprint density at radius 2 is 1.01 bits per heavy atom. The van der Waals surface area contributed by atoms with E-state index in [2.05, 4.69) is 251 Å². The number of hydrogen-bond acceptors (Lipinski definition) is 3. The van der Waals surface area contributed by atoms with Crippen LogP contribution in [0.3, 0.4) is 0 Å². The topological polar surface area (TPSA) is 6.48 Å². The third-order valence-electron chi connectivity index (χ3n) is 16.7. The van der Waals surface area contributed by atoms with Crippen molar-refractivity contribution >= 4 is 78.0 Å². The van der Waals surface area contributed by atoms with Crippen LogP contribution in [0.15, 0.2) is 103 Å².